The van der Waals surface area contributed by atoms with Gasteiger partial charge in [-0.05, 0) is 25.1 Å². The number of hydrogen-bond donors (Lipinski definition) is 2. The molecule has 0 radical (unpaired) electrons. The van der Waals surface area contributed by atoms with Crippen LogP contribution in [0.1, 0.15) is 17.3 Å². The maximum absolute atomic E-state index is 11.0. The standard InChI is InChI=1S/C8H10N2O3S/c1-5(11)7-4-6(14(10,12)13)2-3-8(7)9/h2-4H,9H2,1H3,(H2,10,12,13). The highest BCUT2D eigenvalue weighted by Gasteiger charge is 2.12. The summed E-state index contributed by atoms with van der Waals surface area (Å²) in [6.45, 7) is 1.30. The molecule has 5 nitrogen and oxygen atoms in total. The van der Waals surface area contributed by atoms with Crippen molar-refractivity contribution in [3.05, 3.63) is 23.8 Å². The molecule has 0 aliphatic carbocycles. The van der Waals surface area contributed by atoms with E-state index in [1.54, 1.807) is 0 Å². The summed E-state index contributed by atoms with van der Waals surface area (Å²) in [5.74, 6) is -0.298. The Morgan fingerprint density at radius 3 is 2.36 bits per heavy atom. The van der Waals surface area contributed by atoms with Crippen LogP contribution >= 0.6 is 0 Å². The Labute approximate surface area is 81.8 Å². The molecule has 0 fully saturated rings. The van der Waals surface area contributed by atoms with E-state index in [2.05, 4.69) is 0 Å². The van der Waals surface area contributed by atoms with Gasteiger partial charge in [0.2, 0.25) is 10.0 Å². The molecule has 0 heterocycles. The molecule has 1 rings (SSSR count). The fraction of sp³-hybridized carbons (Fsp3) is 0.125. The Bertz CT molecular complexity index is 479. The Hall–Kier alpha value is -1.40. The molecule has 0 saturated carbocycles. The predicted octanol–water partition coefficient (Wildman–Crippen LogP) is 0.119. The number of benzene rings is 1. The largest absolute Gasteiger partial charge is 0.398 e. The summed E-state index contributed by atoms with van der Waals surface area (Å²) >= 11 is 0. The van der Waals surface area contributed by atoms with E-state index in [-0.39, 0.29) is 21.9 Å². The molecule has 0 amide bonds. The number of rotatable bonds is 2. The highest BCUT2D eigenvalue weighted by molar-refractivity contribution is 7.89. The third-order valence-electron chi connectivity index (χ3n) is 1.73. The average Bonchev–Trinajstić information content (AvgIpc) is 2.02. The van der Waals surface area contributed by atoms with E-state index in [4.69, 9.17) is 10.9 Å². The summed E-state index contributed by atoms with van der Waals surface area (Å²) < 4.78 is 21.9. The van der Waals surface area contributed by atoms with Gasteiger partial charge in [0.05, 0.1) is 4.90 Å². The Balaban J connectivity index is 3.42. The molecule has 0 aliphatic rings. The van der Waals surface area contributed by atoms with Crippen molar-refractivity contribution < 1.29 is 13.2 Å². The van der Waals surface area contributed by atoms with Crippen LogP contribution in [0.3, 0.4) is 0 Å². The summed E-state index contributed by atoms with van der Waals surface area (Å²) in [6, 6.07) is 3.78. The second-order valence-corrected chi connectivity index (χ2v) is 4.41. The van der Waals surface area contributed by atoms with Gasteiger partial charge in [-0.15, -0.1) is 0 Å². The quantitative estimate of drug-likeness (QED) is 0.539. The van der Waals surface area contributed by atoms with Crippen molar-refractivity contribution in [2.24, 2.45) is 5.14 Å². The fourth-order valence-corrected chi connectivity index (χ4v) is 1.56. The molecule has 1 aromatic rings. The Morgan fingerprint density at radius 2 is 1.93 bits per heavy atom. The van der Waals surface area contributed by atoms with Gasteiger partial charge in [-0.3, -0.25) is 4.79 Å². The SMILES string of the molecule is CC(=O)c1cc(S(N)(=O)=O)ccc1N. The average molecular weight is 214 g/mol. The van der Waals surface area contributed by atoms with E-state index in [1.165, 1.54) is 25.1 Å². The third kappa shape index (κ3) is 2.09. The minimum Gasteiger partial charge on any atom is -0.398 e. The first-order chi connectivity index (χ1) is 6.32. The molecule has 0 atom stereocenters. The molecule has 0 unspecified atom stereocenters. The first-order valence-electron chi connectivity index (χ1n) is 3.75. The van der Waals surface area contributed by atoms with Crippen LogP contribution in [0.5, 0.6) is 0 Å². The number of nitrogens with two attached hydrogens (primary N) is 2. The smallest absolute Gasteiger partial charge is 0.238 e. The molecule has 0 aromatic heterocycles. The van der Waals surface area contributed by atoms with E-state index in [1.807, 2.05) is 0 Å². The molecular weight excluding hydrogens is 204 g/mol. The van der Waals surface area contributed by atoms with Gasteiger partial charge in [0.1, 0.15) is 0 Å². The Kier molecular flexibility index (Phi) is 2.59. The van der Waals surface area contributed by atoms with E-state index in [0.29, 0.717) is 0 Å². The lowest BCUT2D eigenvalue weighted by atomic mass is 10.1. The second kappa shape index (κ2) is 3.39. The number of hydrogen-bond acceptors (Lipinski definition) is 4. The number of anilines is 1. The molecule has 6 heteroatoms. The third-order valence-corrected chi connectivity index (χ3v) is 2.64. The minimum absolute atomic E-state index is 0.114. The van der Waals surface area contributed by atoms with Crippen molar-refractivity contribution in [1.82, 2.24) is 0 Å². The van der Waals surface area contributed by atoms with Gasteiger partial charge in [-0.1, -0.05) is 0 Å². The van der Waals surface area contributed by atoms with Crippen LogP contribution in [-0.2, 0) is 10.0 Å². The van der Waals surface area contributed by atoms with Gasteiger partial charge < -0.3 is 5.73 Å². The van der Waals surface area contributed by atoms with Crippen LogP contribution in [0.2, 0.25) is 0 Å². The van der Waals surface area contributed by atoms with Gasteiger partial charge in [-0.25, -0.2) is 13.6 Å². The van der Waals surface area contributed by atoms with E-state index >= 15 is 0 Å². The second-order valence-electron chi connectivity index (χ2n) is 2.85. The molecule has 0 aliphatic heterocycles. The van der Waals surface area contributed by atoms with Gasteiger partial charge >= 0.3 is 0 Å². The van der Waals surface area contributed by atoms with Crippen molar-refractivity contribution in [1.29, 1.82) is 0 Å². The topological polar surface area (TPSA) is 103 Å². The molecule has 1 aromatic carbocycles. The van der Waals surface area contributed by atoms with Crippen LogP contribution in [0.4, 0.5) is 5.69 Å². The van der Waals surface area contributed by atoms with Crippen LogP contribution in [0.25, 0.3) is 0 Å². The first-order valence-corrected chi connectivity index (χ1v) is 5.30. The monoisotopic (exact) mass is 214 g/mol. The lowest BCUT2D eigenvalue weighted by Crippen LogP contribution is -2.13. The fourth-order valence-electron chi connectivity index (χ4n) is 1.02. The number of Topliss-reactive ketones (excluding diaryl/α,β-unsaturated/α-hetero) is 1. The van der Waals surface area contributed by atoms with Crippen LogP contribution < -0.4 is 10.9 Å². The van der Waals surface area contributed by atoms with Crippen LogP contribution in [0, 0.1) is 0 Å². The number of carbonyl (C=O) groups excluding carboxylic acids is 1. The molecule has 0 bridgehead atoms. The van der Waals surface area contributed by atoms with E-state index in [9.17, 15) is 13.2 Å². The summed E-state index contributed by atoms with van der Waals surface area (Å²) in [5, 5.41) is 4.90. The van der Waals surface area contributed by atoms with E-state index < -0.39 is 10.0 Å². The van der Waals surface area contributed by atoms with E-state index in [0.717, 1.165) is 0 Å². The summed E-state index contributed by atoms with van der Waals surface area (Å²) in [4.78, 5) is 10.9. The van der Waals surface area contributed by atoms with Gasteiger partial charge in [0.15, 0.2) is 5.78 Å². The summed E-state index contributed by atoms with van der Waals surface area (Å²) in [7, 11) is -3.78. The molecule has 76 valence electrons. The number of sulfonamides is 1. The highest BCUT2D eigenvalue weighted by Crippen LogP contribution is 2.17. The zero-order valence-corrected chi connectivity index (χ0v) is 8.34. The maximum atomic E-state index is 11.0. The number of carbonyl (C=O) groups is 1. The summed E-state index contributed by atoms with van der Waals surface area (Å²) in [5.41, 5.74) is 5.88. The van der Waals surface area contributed by atoms with Crippen molar-refractivity contribution in [3.63, 3.8) is 0 Å². The molecule has 4 N–H and O–H groups in total. The minimum atomic E-state index is -3.78. The lowest BCUT2D eigenvalue weighted by Gasteiger charge is -2.03. The van der Waals surface area contributed by atoms with Crippen LogP contribution in [-0.4, -0.2) is 14.2 Å². The highest BCUT2D eigenvalue weighted by atomic mass is 32.2. The number of primary sulfonamides is 1. The zero-order chi connectivity index (χ0) is 10.9. The molecule has 14 heavy (non-hydrogen) atoms. The molecular formula is C8H10N2O3S. The van der Waals surface area contributed by atoms with Crippen LogP contribution in [0.15, 0.2) is 23.1 Å². The number of nitrogen functional groups attached to an aromatic ring is 1. The van der Waals surface area contributed by atoms with Crippen molar-refractivity contribution >= 4 is 21.5 Å². The van der Waals surface area contributed by atoms with Crippen molar-refractivity contribution in [2.45, 2.75) is 11.8 Å². The van der Waals surface area contributed by atoms with Crippen molar-refractivity contribution in [2.75, 3.05) is 5.73 Å². The number of ketones is 1. The maximum Gasteiger partial charge on any atom is 0.238 e. The van der Waals surface area contributed by atoms with Gasteiger partial charge in [-0.2, -0.15) is 0 Å². The van der Waals surface area contributed by atoms with Gasteiger partial charge in [0.25, 0.3) is 0 Å². The molecule has 0 spiro atoms. The predicted molar refractivity (Wildman–Crippen MR) is 52.2 cm³/mol. The van der Waals surface area contributed by atoms with Crippen molar-refractivity contribution in [3.8, 4) is 0 Å². The lowest BCUT2D eigenvalue weighted by molar-refractivity contribution is 0.101. The summed E-state index contributed by atoms with van der Waals surface area (Å²) in [6.07, 6.45) is 0. The normalized spacial score (nSPS) is 11.3. The Morgan fingerprint density at radius 1 is 1.36 bits per heavy atom. The zero-order valence-electron chi connectivity index (χ0n) is 7.52. The van der Waals surface area contributed by atoms with Gasteiger partial charge in [0, 0.05) is 11.3 Å². The first kappa shape index (κ1) is 10.7. The molecule has 0 saturated heterocycles.